The molecule has 1 saturated heterocycles. The third-order valence-electron chi connectivity index (χ3n) is 4.07. The summed E-state index contributed by atoms with van der Waals surface area (Å²) in [6, 6.07) is 5.67. The lowest BCUT2D eigenvalue weighted by atomic mass is 9.91. The molecule has 1 amide bonds. The molecule has 1 aliphatic heterocycles. The van der Waals surface area contributed by atoms with Gasteiger partial charge in [-0.1, -0.05) is 0 Å². The van der Waals surface area contributed by atoms with Crippen LogP contribution in [-0.4, -0.2) is 41.7 Å². The van der Waals surface area contributed by atoms with Gasteiger partial charge in [0.2, 0.25) is 0 Å². The molecule has 0 aliphatic carbocycles. The van der Waals surface area contributed by atoms with Gasteiger partial charge < -0.3 is 20.4 Å². The van der Waals surface area contributed by atoms with Crippen molar-refractivity contribution in [2.24, 2.45) is 0 Å². The SMILES string of the molecule is COC1(C(=O)Nc2ccc3nc(C)[nH]c3c2)CCNCC1. The number of aromatic nitrogens is 2. The zero-order chi connectivity index (χ0) is 14.9. The van der Waals surface area contributed by atoms with Crippen molar-refractivity contribution in [2.75, 3.05) is 25.5 Å². The first-order chi connectivity index (χ1) is 10.1. The van der Waals surface area contributed by atoms with Crippen molar-refractivity contribution in [3.63, 3.8) is 0 Å². The van der Waals surface area contributed by atoms with Gasteiger partial charge in [-0.05, 0) is 51.1 Å². The number of methoxy groups -OCH3 is 1. The van der Waals surface area contributed by atoms with Gasteiger partial charge in [0, 0.05) is 12.8 Å². The number of amides is 1. The van der Waals surface area contributed by atoms with E-state index in [2.05, 4.69) is 20.6 Å². The summed E-state index contributed by atoms with van der Waals surface area (Å²) in [5.74, 6) is 0.780. The van der Waals surface area contributed by atoms with E-state index < -0.39 is 5.60 Å². The Balaban J connectivity index is 1.81. The molecule has 0 saturated carbocycles. The number of carbonyl (C=O) groups is 1. The molecule has 1 aromatic heterocycles. The molecule has 2 aromatic rings. The van der Waals surface area contributed by atoms with E-state index in [1.165, 1.54) is 0 Å². The molecule has 0 atom stereocenters. The lowest BCUT2D eigenvalue weighted by Gasteiger charge is -2.34. The molecular formula is C15H20N4O2. The predicted octanol–water partition coefficient (Wildman–Crippen LogP) is 1.58. The molecule has 1 aromatic carbocycles. The molecule has 0 unspecified atom stereocenters. The highest BCUT2D eigenvalue weighted by atomic mass is 16.5. The summed E-state index contributed by atoms with van der Waals surface area (Å²) in [4.78, 5) is 20.1. The van der Waals surface area contributed by atoms with Crippen LogP contribution in [0.3, 0.4) is 0 Å². The number of H-pyrrole nitrogens is 1. The van der Waals surface area contributed by atoms with E-state index in [9.17, 15) is 4.79 Å². The van der Waals surface area contributed by atoms with Crippen molar-refractivity contribution in [3.05, 3.63) is 24.0 Å². The van der Waals surface area contributed by atoms with Gasteiger partial charge >= 0.3 is 0 Å². The van der Waals surface area contributed by atoms with Crippen molar-refractivity contribution in [2.45, 2.75) is 25.4 Å². The molecule has 0 radical (unpaired) electrons. The Morgan fingerprint density at radius 3 is 2.86 bits per heavy atom. The standard InChI is InChI=1S/C15H20N4O2/c1-10-17-12-4-3-11(9-13(12)18-10)19-14(20)15(21-2)5-7-16-8-6-15/h3-4,9,16H,5-8H2,1-2H3,(H,17,18)(H,19,20). The smallest absolute Gasteiger partial charge is 0.256 e. The first-order valence-electron chi connectivity index (χ1n) is 7.17. The Bertz CT molecular complexity index is 659. The minimum absolute atomic E-state index is 0.0814. The number of ether oxygens (including phenoxy) is 1. The molecule has 0 bridgehead atoms. The van der Waals surface area contributed by atoms with Crippen molar-refractivity contribution in [1.29, 1.82) is 0 Å². The van der Waals surface area contributed by atoms with Gasteiger partial charge in [0.15, 0.2) is 0 Å². The lowest BCUT2D eigenvalue weighted by molar-refractivity contribution is -0.140. The fourth-order valence-corrected chi connectivity index (χ4v) is 2.81. The van der Waals surface area contributed by atoms with Crippen LogP contribution in [0.2, 0.25) is 0 Å². The van der Waals surface area contributed by atoms with Crippen LogP contribution in [0.5, 0.6) is 0 Å². The number of carbonyl (C=O) groups excluding carboxylic acids is 1. The fourth-order valence-electron chi connectivity index (χ4n) is 2.81. The van der Waals surface area contributed by atoms with E-state index in [0.717, 1.165) is 35.6 Å². The van der Waals surface area contributed by atoms with E-state index in [0.29, 0.717) is 12.8 Å². The second-order valence-electron chi connectivity index (χ2n) is 5.46. The molecular weight excluding hydrogens is 268 g/mol. The molecule has 1 fully saturated rings. The zero-order valence-corrected chi connectivity index (χ0v) is 12.3. The number of nitrogens with zero attached hydrogens (tertiary/aromatic N) is 1. The van der Waals surface area contributed by atoms with Gasteiger partial charge in [-0.15, -0.1) is 0 Å². The Kier molecular flexibility index (Phi) is 3.65. The van der Waals surface area contributed by atoms with Crippen LogP contribution in [0.15, 0.2) is 18.2 Å². The fraction of sp³-hybridized carbons (Fsp3) is 0.467. The number of aromatic amines is 1. The Labute approximate surface area is 123 Å². The summed E-state index contributed by atoms with van der Waals surface area (Å²) >= 11 is 0. The average molecular weight is 288 g/mol. The summed E-state index contributed by atoms with van der Waals surface area (Å²) in [6.07, 6.45) is 1.36. The van der Waals surface area contributed by atoms with Gasteiger partial charge in [0.1, 0.15) is 11.4 Å². The van der Waals surface area contributed by atoms with Crippen LogP contribution in [0.4, 0.5) is 5.69 Å². The summed E-state index contributed by atoms with van der Waals surface area (Å²) in [5, 5.41) is 6.21. The molecule has 0 spiro atoms. The third kappa shape index (κ3) is 2.64. The zero-order valence-electron chi connectivity index (χ0n) is 12.3. The van der Waals surface area contributed by atoms with Crippen molar-refractivity contribution in [1.82, 2.24) is 15.3 Å². The molecule has 6 nitrogen and oxygen atoms in total. The average Bonchev–Trinajstić information content (AvgIpc) is 2.87. The number of piperidine rings is 1. The van der Waals surface area contributed by atoms with E-state index >= 15 is 0 Å². The Morgan fingerprint density at radius 1 is 1.38 bits per heavy atom. The summed E-state index contributed by atoms with van der Waals surface area (Å²) < 4.78 is 5.53. The van der Waals surface area contributed by atoms with E-state index in [1.54, 1.807) is 7.11 Å². The molecule has 6 heteroatoms. The minimum Gasteiger partial charge on any atom is -0.368 e. The van der Waals surface area contributed by atoms with Crippen molar-refractivity contribution in [3.8, 4) is 0 Å². The highest BCUT2D eigenvalue weighted by Crippen LogP contribution is 2.25. The second-order valence-corrected chi connectivity index (χ2v) is 5.46. The number of benzene rings is 1. The minimum atomic E-state index is -0.732. The van der Waals surface area contributed by atoms with Gasteiger partial charge in [0.05, 0.1) is 11.0 Å². The van der Waals surface area contributed by atoms with Gasteiger partial charge in [-0.2, -0.15) is 0 Å². The van der Waals surface area contributed by atoms with Gasteiger partial charge in [-0.25, -0.2) is 4.98 Å². The van der Waals surface area contributed by atoms with Crippen LogP contribution >= 0.6 is 0 Å². The Hall–Kier alpha value is -1.92. The highest BCUT2D eigenvalue weighted by molar-refractivity contribution is 5.98. The van der Waals surface area contributed by atoms with Crippen LogP contribution in [-0.2, 0) is 9.53 Å². The van der Waals surface area contributed by atoms with Crippen LogP contribution in [0.25, 0.3) is 11.0 Å². The predicted molar refractivity (Wildman–Crippen MR) is 81.3 cm³/mol. The number of imidazole rings is 1. The summed E-state index contributed by atoms with van der Waals surface area (Å²) in [5.41, 5.74) is 1.84. The summed E-state index contributed by atoms with van der Waals surface area (Å²) in [6.45, 7) is 3.49. The molecule has 3 N–H and O–H groups in total. The lowest BCUT2D eigenvalue weighted by Crippen LogP contribution is -2.51. The van der Waals surface area contributed by atoms with Crippen LogP contribution in [0, 0.1) is 6.92 Å². The van der Waals surface area contributed by atoms with Crippen molar-refractivity contribution < 1.29 is 9.53 Å². The normalized spacial score (nSPS) is 17.8. The number of rotatable bonds is 3. The first kappa shape index (κ1) is 14.0. The number of nitrogens with one attached hydrogen (secondary N) is 3. The van der Waals surface area contributed by atoms with E-state index in [1.807, 2.05) is 25.1 Å². The molecule has 3 rings (SSSR count). The maximum Gasteiger partial charge on any atom is 0.256 e. The summed E-state index contributed by atoms with van der Waals surface area (Å²) in [7, 11) is 1.60. The van der Waals surface area contributed by atoms with E-state index in [4.69, 9.17) is 4.74 Å². The topological polar surface area (TPSA) is 79.0 Å². The number of anilines is 1. The maximum absolute atomic E-state index is 12.6. The monoisotopic (exact) mass is 288 g/mol. The number of aryl methyl sites for hydroxylation is 1. The van der Waals surface area contributed by atoms with Crippen molar-refractivity contribution >= 4 is 22.6 Å². The third-order valence-corrected chi connectivity index (χ3v) is 4.07. The second kappa shape index (κ2) is 5.46. The van der Waals surface area contributed by atoms with E-state index in [-0.39, 0.29) is 5.91 Å². The highest BCUT2D eigenvalue weighted by Gasteiger charge is 2.39. The number of hydrogen-bond acceptors (Lipinski definition) is 4. The van der Waals surface area contributed by atoms with Crippen LogP contribution < -0.4 is 10.6 Å². The molecule has 21 heavy (non-hydrogen) atoms. The van der Waals surface area contributed by atoms with Crippen LogP contribution in [0.1, 0.15) is 18.7 Å². The Morgan fingerprint density at radius 2 is 2.14 bits per heavy atom. The largest absolute Gasteiger partial charge is 0.368 e. The molecule has 112 valence electrons. The maximum atomic E-state index is 12.6. The quantitative estimate of drug-likeness (QED) is 0.801. The molecule has 1 aliphatic rings. The number of fused-ring (bicyclic) bond motifs is 1. The van der Waals surface area contributed by atoms with Gasteiger partial charge in [-0.3, -0.25) is 4.79 Å². The number of hydrogen-bond donors (Lipinski definition) is 3. The first-order valence-corrected chi connectivity index (χ1v) is 7.17. The van der Waals surface area contributed by atoms with Gasteiger partial charge in [0.25, 0.3) is 5.91 Å². The molecule has 2 heterocycles.